The van der Waals surface area contributed by atoms with Gasteiger partial charge in [-0.25, -0.2) is 9.97 Å². The van der Waals surface area contributed by atoms with Crippen LogP contribution in [-0.2, 0) is 6.42 Å². The van der Waals surface area contributed by atoms with Gasteiger partial charge in [-0.05, 0) is 30.5 Å². The molecule has 4 nitrogen and oxygen atoms in total. The summed E-state index contributed by atoms with van der Waals surface area (Å²) in [5.74, 6) is 1.97. The third-order valence-electron chi connectivity index (χ3n) is 6.09. The summed E-state index contributed by atoms with van der Waals surface area (Å²) in [5.41, 5.74) is 2.71. The first-order chi connectivity index (χ1) is 15.2. The molecule has 0 N–H and O–H groups in total. The Hall–Kier alpha value is -2.76. The van der Waals surface area contributed by atoms with E-state index in [0.29, 0.717) is 0 Å². The van der Waals surface area contributed by atoms with Gasteiger partial charge in [0.15, 0.2) is 0 Å². The lowest BCUT2D eigenvalue weighted by atomic mass is 9.96. The van der Waals surface area contributed by atoms with Crippen molar-refractivity contribution in [3.05, 3.63) is 88.6 Å². The standard InChI is InChI=1S/C26H28N4S/c1-3-22-18-23-25(27-19(2)28-26(23)31-22)30-16-14-29(15-17-30)24(20-10-6-4-7-11-20)21-12-8-5-9-13-21/h4-13,18,24H,3,14-17H2,1-2H3. The van der Waals surface area contributed by atoms with Crippen LogP contribution in [-0.4, -0.2) is 41.0 Å². The summed E-state index contributed by atoms with van der Waals surface area (Å²) in [6.45, 7) is 8.16. The van der Waals surface area contributed by atoms with Crippen molar-refractivity contribution in [2.45, 2.75) is 26.3 Å². The Bertz CT molecular complexity index is 1110. The number of benzene rings is 2. The van der Waals surface area contributed by atoms with Gasteiger partial charge in [0.05, 0.1) is 11.4 Å². The van der Waals surface area contributed by atoms with E-state index in [1.54, 1.807) is 11.3 Å². The molecule has 0 radical (unpaired) electrons. The molecule has 0 atom stereocenters. The van der Waals surface area contributed by atoms with Gasteiger partial charge in [-0.1, -0.05) is 67.6 Å². The van der Waals surface area contributed by atoms with Crippen LogP contribution in [0.2, 0.25) is 0 Å². The molecule has 0 unspecified atom stereocenters. The molecule has 158 valence electrons. The Morgan fingerprint density at radius 1 is 0.871 bits per heavy atom. The van der Waals surface area contributed by atoms with Crippen molar-refractivity contribution in [1.29, 1.82) is 0 Å². The van der Waals surface area contributed by atoms with Crippen LogP contribution in [0.15, 0.2) is 66.7 Å². The molecule has 0 amide bonds. The van der Waals surface area contributed by atoms with E-state index in [1.807, 2.05) is 6.92 Å². The van der Waals surface area contributed by atoms with Crippen molar-refractivity contribution in [3.63, 3.8) is 0 Å². The van der Waals surface area contributed by atoms with Gasteiger partial charge in [-0.3, -0.25) is 4.90 Å². The number of fused-ring (bicyclic) bond motifs is 1. The fourth-order valence-corrected chi connectivity index (χ4v) is 5.56. The molecule has 4 aromatic rings. The highest BCUT2D eigenvalue weighted by Crippen LogP contribution is 2.34. The largest absolute Gasteiger partial charge is 0.353 e. The normalized spacial score (nSPS) is 15.1. The molecule has 5 rings (SSSR count). The fourth-order valence-electron chi connectivity index (χ4n) is 4.55. The lowest BCUT2D eigenvalue weighted by Crippen LogP contribution is -2.48. The number of hydrogen-bond donors (Lipinski definition) is 0. The summed E-state index contributed by atoms with van der Waals surface area (Å²) < 4.78 is 0. The predicted molar refractivity (Wildman–Crippen MR) is 130 cm³/mol. The Morgan fingerprint density at radius 2 is 1.48 bits per heavy atom. The van der Waals surface area contributed by atoms with Gasteiger partial charge in [0.2, 0.25) is 0 Å². The lowest BCUT2D eigenvalue weighted by molar-refractivity contribution is 0.212. The highest BCUT2D eigenvalue weighted by atomic mass is 32.1. The van der Waals surface area contributed by atoms with Crippen LogP contribution in [0.1, 0.15) is 34.8 Å². The molecular weight excluding hydrogens is 400 g/mol. The molecule has 0 saturated carbocycles. The zero-order valence-corrected chi connectivity index (χ0v) is 19.0. The van der Waals surface area contributed by atoms with Crippen molar-refractivity contribution < 1.29 is 0 Å². The van der Waals surface area contributed by atoms with Crippen LogP contribution >= 0.6 is 11.3 Å². The third-order valence-corrected chi connectivity index (χ3v) is 7.27. The summed E-state index contributed by atoms with van der Waals surface area (Å²) >= 11 is 1.80. The lowest BCUT2D eigenvalue weighted by Gasteiger charge is -2.40. The average molecular weight is 429 g/mol. The number of aryl methyl sites for hydroxylation is 2. The Labute approximate surface area is 188 Å². The molecule has 0 spiro atoms. The van der Waals surface area contributed by atoms with E-state index in [0.717, 1.165) is 49.1 Å². The smallest absolute Gasteiger partial charge is 0.141 e. The topological polar surface area (TPSA) is 32.3 Å². The molecular formula is C26H28N4S. The second kappa shape index (κ2) is 8.77. The number of nitrogens with zero attached hydrogens (tertiary/aromatic N) is 4. The summed E-state index contributed by atoms with van der Waals surface area (Å²) in [5, 5.41) is 1.21. The molecule has 0 bridgehead atoms. The summed E-state index contributed by atoms with van der Waals surface area (Å²) in [4.78, 5) is 17.1. The van der Waals surface area contributed by atoms with Gasteiger partial charge in [-0.15, -0.1) is 11.3 Å². The number of anilines is 1. The quantitative estimate of drug-likeness (QED) is 0.422. The molecule has 31 heavy (non-hydrogen) atoms. The maximum absolute atomic E-state index is 4.86. The number of hydrogen-bond acceptors (Lipinski definition) is 5. The van der Waals surface area contributed by atoms with Crippen LogP contribution in [0.5, 0.6) is 0 Å². The van der Waals surface area contributed by atoms with E-state index in [9.17, 15) is 0 Å². The zero-order valence-electron chi connectivity index (χ0n) is 18.2. The van der Waals surface area contributed by atoms with E-state index in [4.69, 9.17) is 9.97 Å². The average Bonchev–Trinajstić information content (AvgIpc) is 3.24. The first-order valence-corrected chi connectivity index (χ1v) is 11.9. The predicted octanol–water partition coefficient (Wildman–Crippen LogP) is 5.47. The fraction of sp³-hybridized carbons (Fsp3) is 0.308. The van der Waals surface area contributed by atoms with Gasteiger partial charge in [0.25, 0.3) is 0 Å². The summed E-state index contributed by atoms with van der Waals surface area (Å²) in [7, 11) is 0. The molecule has 2 aromatic heterocycles. The highest BCUT2D eigenvalue weighted by Gasteiger charge is 2.28. The van der Waals surface area contributed by atoms with E-state index in [1.165, 1.54) is 21.4 Å². The Kier molecular flexibility index (Phi) is 5.70. The minimum Gasteiger partial charge on any atom is -0.353 e. The number of thiophene rings is 1. The SMILES string of the molecule is CCc1cc2c(N3CCN(C(c4ccccc4)c4ccccc4)CC3)nc(C)nc2s1. The highest BCUT2D eigenvalue weighted by molar-refractivity contribution is 7.18. The Morgan fingerprint density at radius 3 is 2.06 bits per heavy atom. The van der Waals surface area contributed by atoms with Crippen molar-refractivity contribution in [2.75, 3.05) is 31.1 Å². The van der Waals surface area contributed by atoms with E-state index in [2.05, 4.69) is 83.5 Å². The molecule has 0 aliphatic carbocycles. The van der Waals surface area contributed by atoms with Gasteiger partial charge < -0.3 is 4.90 Å². The minimum absolute atomic E-state index is 0.282. The van der Waals surface area contributed by atoms with Crippen molar-refractivity contribution in [2.24, 2.45) is 0 Å². The monoisotopic (exact) mass is 428 g/mol. The molecule has 1 saturated heterocycles. The maximum atomic E-state index is 4.86. The first-order valence-electron chi connectivity index (χ1n) is 11.1. The number of piperazine rings is 1. The number of rotatable bonds is 5. The van der Waals surface area contributed by atoms with Gasteiger partial charge in [-0.2, -0.15) is 0 Å². The third kappa shape index (κ3) is 4.08. The maximum Gasteiger partial charge on any atom is 0.141 e. The summed E-state index contributed by atoms with van der Waals surface area (Å²) in [6, 6.07) is 24.3. The molecule has 3 heterocycles. The van der Waals surface area contributed by atoms with Gasteiger partial charge in [0.1, 0.15) is 16.5 Å². The van der Waals surface area contributed by atoms with Crippen LogP contribution in [0.4, 0.5) is 5.82 Å². The van der Waals surface area contributed by atoms with Crippen molar-refractivity contribution >= 4 is 27.4 Å². The molecule has 1 aliphatic rings. The minimum atomic E-state index is 0.282. The first kappa shape index (κ1) is 20.2. The number of aromatic nitrogens is 2. The molecule has 1 aliphatic heterocycles. The van der Waals surface area contributed by atoms with Crippen LogP contribution < -0.4 is 4.90 Å². The molecule has 2 aromatic carbocycles. The van der Waals surface area contributed by atoms with Crippen LogP contribution in [0.3, 0.4) is 0 Å². The van der Waals surface area contributed by atoms with Crippen molar-refractivity contribution in [3.8, 4) is 0 Å². The second-order valence-corrected chi connectivity index (χ2v) is 9.24. The molecule has 1 fully saturated rings. The van der Waals surface area contributed by atoms with E-state index in [-0.39, 0.29) is 6.04 Å². The van der Waals surface area contributed by atoms with Gasteiger partial charge >= 0.3 is 0 Å². The van der Waals surface area contributed by atoms with E-state index >= 15 is 0 Å². The van der Waals surface area contributed by atoms with Crippen LogP contribution in [0, 0.1) is 6.92 Å². The van der Waals surface area contributed by atoms with E-state index < -0.39 is 0 Å². The van der Waals surface area contributed by atoms with Gasteiger partial charge in [0, 0.05) is 31.1 Å². The molecule has 5 heteroatoms. The van der Waals surface area contributed by atoms with Crippen LogP contribution in [0.25, 0.3) is 10.2 Å². The second-order valence-electron chi connectivity index (χ2n) is 8.13. The van der Waals surface area contributed by atoms with Crippen molar-refractivity contribution in [1.82, 2.24) is 14.9 Å². The Balaban J connectivity index is 1.42. The zero-order chi connectivity index (χ0) is 21.2. The summed E-state index contributed by atoms with van der Waals surface area (Å²) in [6.07, 6.45) is 1.04.